The Morgan fingerprint density at radius 2 is 1.85 bits per heavy atom. The number of terminal acetylenes is 1. The predicted molar refractivity (Wildman–Crippen MR) is 96.3 cm³/mol. The molecule has 4 rings (SSSR count). The van der Waals surface area contributed by atoms with E-state index >= 15 is 0 Å². The number of esters is 1. The van der Waals surface area contributed by atoms with Crippen LogP contribution in [0.3, 0.4) is 0 Å². The summed E-state index contributed by atoms with van der Waals surface area (Å²) in [5.41, 5.74) is 0.705. The summed E-state index contributed by atoms with van der Waals surface area (Å²) in [6.07, 6.45) is 4.49. The highest BCUT2D eigenvalue weighted by Crippen LogP contribution is 2.65. The number of carbonyl (C=O) groups is 1. The Bertz CT molecular complexity index is 865. The summed E-state index contributed by atoms with van der Waals surface area (Å²) < 4.78 is 17.2. The molecule has 0 aromatic heterocycles. The Morgan fingerprint density at radius 1 is 1.12 bits per heavy atom. The largest absolute Gasteiger partial charge is 0.457 e. The Kier molecular flexibility index (Phi) is 3.97. The lowest BCUT2D eigenvalue weighted by atomic mass is 10.1. The summed E-state index contributed by atoms with van der Waals surface area (Å²) in [5.74, 6) is 3.85. The molecule has 0 amide bonds. The van der Waals surface area contributed by atoms with E-state index in [2.05, 4.69) is 19.8 Å². The summed E-state index contributed by atoms with van der Waals surface area (Å²) in [7, 11) is 0. The van der Waals surface area contributed by atoms with Crippen molar-refractivity contribution >= 4 is 5.97 Å². The number of hydrogen-bond acceptors (Lipinski definition) is 4. The lowest BCUT2D eigenvalue weighted by Gasteiger charge is -2.22. The Hall–Kier alpha value is -2.77. The van der Waals surface area contributed by atoms with Crippen molar-refractivity contribution < 1.29 is 19.0 Å². The van der Waals surface area contributed by atoms with Gasteiger partial charge in [-0.05, 0) is 35.2 Å². The first kappa shape index (κ1) is 16.7. The van der Waals surface area contributed by atoms with E-state index in [4.69, 9.17) is 20.6 Å². The Balaban J connectivity index is 1.50. The molecule has 0 radical (unpaired) electrons. The number of hydrogen-bond donors (Lipinski definition) is 0. The molecular weight excluding hydrogens is 328 g/mol. The SMILES string of the molecule is C#C[C@H](O[C@@H]1OC(=O)C2C1C2(C)C)c1cccc(Oc2ccccc2)c1. The molecule has 2 unspecified atom stereocenters. The van der Waals surface area contributed by atoms with Gasteiger partial charge in [0.15, 0.2) is 0 Å². The van der Waals surface area contributed by atoms with Crippen molar-refractivity contribution in [1.82, 2.24) is 0 Å². The molecule has 0 N–H and O–H groups in total. The molecule has 4 heteroatoms. The summed E-state index contributed by atoms with van der Waals surface area (Å²) in [6.45, 7) is 4.11. The van der Waals surface area contributed by atoms with Gasteiger partial charge in [0.25, 0.3) is 0 Å². The molecule has 2 fully saturated rings. The lowest BCUT2D eigenvalue weighted by molar-refractivity contribution is -0.182. The van der Waals surface area contributed by atoms with Crippen molar-refractivity contribution in [3.05, 3.63) is 60.2 Å². The van der Waals surface area contributed by atoms with Crippen LogP contribution in [0.15, 0.2) is 54.6 Å². The third-order valence-electron chi connectivity index (χ3n) is 5.25. The maximum atomic E-state index is 11.9. The molecule has 0 bridgehead atoms. The van der Waals surface area contributed by atoms with Crippen LogP contribution >= 0.6 is 0 Å². The maximum absolute atomic E-state index is 11.9. The van der Waals surface area contributed by atoms with Gasteiger partial charge in [-0.1, -0.05) is 50.1 Å². The molecule has 2 aliphatic rings. The van der Waals surface area contributed by atoms with Crippen LogP contribution in [0.25, 0.3) is 0 Å². The first-order valence-electron chi connectivity index (χ1n) is 8.65. The predicted octanol–water partition coefficient (Wildman–Crippen LogP) is 4.32. The lowest BCUT2D eigenvalue weighted by Crippen LogP contribution is -2.24. The van der Waals surface area contributed by atoms with Crippen molar-refractivity contribution in [3.63, 3.8) is 0 Å². The van der Waals surface area contributed by atoms with Crippen molar-refractivity contribution in [2.24, 2.45) is 17.3 Å². The molecule has 4 atom stereocenters. The van der Waals surface area contributed by atoms with E-state index in [1.165, 1.54) is 0 Å². The third-order valence-corrected chi connectivity index (χ3v) is 5.25. The van der Waals surface area contributed by atoms with Crippen molar-refractivity contribution in [2.45, 2.75) is 26.2 Å². The fourth-order valence-electron chi connectivity index (χ4n) is 3.72. The van der Waals surface area contributed by atoms with E-state index in [0.29, 0.717) is 5.75 Å². The fourth-order valence-corrected chi connectivity index (χ4v) is 3.72. The molecule has 1 saturated heterocycles. The average Bonchev–Trinajstić information content (AvgIpc) is 3.03. The maximum Gasteiger partial charge on any atom is 0.312 e. The smallest absolute Gasteiger partial charge is 0.312 e. The monoisotopic (exact) mass is 348 g/mol. The van der Waals surface area contributed by atoms with Gasteiger partial charge in [0, 0.05) is 5.92 Å². The van der Waals surface area contributed by atoms with E-state index < -0.39 is 12.4 Å². The molecule has 1 saturated carbocycles. The van der Waals surface area contributed by atoms with E-state index in [1.54, 1.807) is 0 Å². The van der Waals surface area contributed by atoms with Gasteiger partial charge >= 0.3 is 5.97 Å². The van der Waals surface area contributed by atoms with Gasteiger partial charge in [0.1, 0.15) is 17.6 Å². The van der Waals surface area contributed by atoms with Crippen LogP contribution in [-0.2, 0) is 14.3 Å². The molecule has 0 spiro atoms. The van der Waals surface area contributed by atoms with Crippen molar-refractivity contribution in [3.8, 4) is 23.8 Å². The number of carbonyl (C=O) groups excluding carboxylic acids is 1. The Morgan fingerprint density at radius 3 is 2.50 bits per heavy atom. The van der Waals surface area contributed by atoms with Gasteiger partial charge in [-0.3, -0.25) is 4.79 Å². The highest BCUT2D eigenvalue weighted by Gasteiger charge is 2.72. The zero-order valence-electron chi connectivity index (χ0n) is 14.7. The highest BCUT2D eigenvalue weighted by molar-refractivity contribution is 5.80. The number of fused-ring (bicyclic) bond motifs is 1. The molecule has 2 aromatic rings. The summed E-state index contributed by atoms with van der Waals surface area (Å²) in [6, 6.07) is 17.0. The molecule has 1 aliphatic heterocycles. The zero-order chi connectivity index (χ0) is 18.3. The Labute approximate surface area is 153 Å². The highest BCUT2D eigenvalue weighted by atomic mass is 16.7. The summed E-state index contributed by atoms with van der Waals surface area (Å²) in [5, 5.41) is 0. The quantitative estimate of drug-likeness (QED) is 0.596. The van der Waals surface area contributed by atoms with Gasteiger partial charge in [0.2, 0.25) is 6.29 Å². The van der Waals surface area contributed by atoms with Gasteiger partial charge in [0.05, 0.1) is 5.92 Å². The van der Waals surface area contributed by atoms with Gasteiger partial charge in [-0.25, -0.2) is 0 Å². The van der Waals surface area contributed by atoms with Gasteiger partial charge in [-0.2, -0.15) is 0 Å². The van der Waals surface area contributed by atoms with Crippen molar-refractivity contribution in [2.75, 3.05) is 0 Å². The third kappa shape index (κ3) is 2.85. The topological polar surface area (TPSA) is 44.8 Å². The normalized spacial score (nSPS) is 26.3. The van der Waals surface area contributed by atoms with Gasteiger partial charge < -0.3 is 14.2 Å². The number of cyclic esters (lactones) is 1. The molecule has 4 nitrogen and oxygen atoms in total. The summed E-state index contributed by atoms with van der Waals surface area (Å²) in [4.78, 5) is 11.9. The minimum absolute atomic E-state index is 0.0644. The van der Waals surface area contributed by atoms with Crippen LogP contribution < -0.4 is 4.74 Å². The van der Waals surface area contributed by atoms with Crippen LogP contribution in [0.4, 0.5) is 0 Å². The number of rotatable bonds is 5. The first-order chi connectivity index (χ1) is 12.5. The van der Waals surface area contributed by atoms with Crippen molar-refractivity contribution in [1.29, 1.82) is 0 Å². The second-order valence-corrected chi connectivity index (χ2v) is 7.30. The number of para-hydroxylation sites is 1. The second-order valence-electron chi connectivity index (χ2n) is 7.30. The summed E-state index contributed by atoms with van der Waals surface area (Å²) >= 11 is 0. The van der Waals surface area contributed by atoms with E-state index in [-0.39, 0.29) is 23.2 Å². The number of benzene rings is 2. The molecule has 132 valence electrons. The zero-order valence-corrected chi connectivity index (χ0v) is 14.7. The van der Waals surface area contributed by atoms with Gasteiger partial charge in [-0.15, -0.1) is 6.42 Å². The number of ether oxygens (including phenoxy) is 3. The second kappa shape index (κ2) is 6.19. The van der Waals surface area contributed by atoms with E-state index in [9.17, 15) is 4.79 Å². The first-order valence-corrected chi connectivity index (χ1v) is 8.65. The average molecular weight is 348 g/mol. The van der Waals surface area contributed by atoms with Crippen LogP contribution in [-0.4, -0.2) is 12.3 Å². The molecule has 1 aliphatic carbocycles. The van der Waals surface area contributed by atoms with E-state index in [1.807, 2.05) is 54.6 Å². The fraction of sp³-hybridized carbons (Fsp3) is 0.318. The molecule has 2 aromatic carbocycles. The molecular formula is C22H20O4. The van der Waals surface area contributed by atoms with Crippen LogP contribution in [0, 0.1) is 29.6 Å². The minimum atomic E-state index is -0.609. The van der Waals surface area contributed by atoms with Crippen LogP contribution in [0.1, 0.15) is 25.5 Å². The molecule has 26 heavy (non-hydrogen) atoms. The van der Waals surface area contributed by atoms with E-state index in [0.717, 1.165) is 11.3 Å². The minimum Gasteiger partial charge on any atom is -0.457 e. The molecule has 1 heterocycles. The standard InChI is InChI=1S/C22H20O4/c1-4-17(25-21-19-18(20(23)26-21)22(19,2)3)14-9-8-12-16(13-14)24-15-10-6-5-7-11-15/h1,5-13,17-19,21H,2-3H3/t17-,18?,19?,21+/m0/s1. The van der Waals surface area contributed by atoms with Crippen LogP contribution in [0.5, 0.6) is 11.5 Å². The van der Waals surface area contributed by atoms with Crippen LogP contribution in [0.2, 0.25) is 0 Å².